The Morgan fingerprint density at radius 2 is 1.86 bits per heavy atom. The number of aromatic nitrogens is 2. The van der Waals surface area contributed by atoms with Gasteiger partial charge < -0.3 is 14.6 Å². The number of hydrogen-bond donors (Lipinski definition) is 1. The third-order valence-electron chi connectivity index (χ3n) is 3.29. The van der Waals surface area contributed by atoms with Gasteiger partial charge >= 0.3 is 0 Å². The van der Waals surface area contributed by atoms with Crippen LogP contribution in [0, 0.1) is 0 Å². The molecule has 0 saturated heterocycles. The van der Waals surface area contributed by atoms with Crippen LogP contribution in [-0.2, 0) is 7.05 Å². The van der Waals surface area contributed by atoms with E-state index in [-0.39, 0.29) is 0 Å². The molecule has 1 aromatic heterocycles. The first-order valence-corrected chi connectivity index (χ1v) is 7.07. The molecule has 4 nitrogen and oxygen atoms in total. The van der Waals surface area contributed by atoms with Gasteiger partial charge in [0.25, 0.3) is 0 Å². The van der Waals surface area contributed by atoms with Crippen molar-refractivity contribution in [1.82, 2.24) is 9.55 Å². The van der Waals surface area contributed by atoms with Crippen molar-refractivity contribution < 1.29 is 4.74 Å². The number of hydrogen-bond acceptors (Lipinski definition) is 3. The van der Waals surface area contributed by atoms with Gasteiger partial charge in [0.05, 0.1) is 33.9 Å². The first-order valence-electron chi connectivity index (χ1n) is 6.31. The number of methoxy groups -OCH3 is 1. The summed E-state index contributed by atoms with van der Waals surface area (Å²) in [5.74, 6) is 1.45. The van der Waals surface area contributed by atoms with Gasteiger partial charge in [-0.05, 0) is 24.3 Å². The highest BCUT2D eigenvalue weighted by molar-refractivity contribution is 6.39. The average Bonchev–Trinajstić information content (AvgIpc) is 2.79. The molecule has 0 saturated carbocycles. The van der Waals surface area contributed by atoms with Crippen LogP contribution in [0.4, 0.5) is 11.6 Å². The molecule has 1 heterocycles. The lowest BCUT2D eigenvalue weighted by atomic mass is 10.3. The third kappa shape index (κ3) is 2.52. The summed E-state index contributed by atoms with van der Waals surface area (Å²) in [4.78, 5) is 4.54. The van der Waals surface area contributed by atoms with Crippen LogP contribution >= 0.6 is 23.2 Å². The van der Waals surface area contributed by atoms with Gasteiger partial charge in [-0.3, -0.25) is 0 Å². The van der Waals surface area contributed by atoms with E-state index in [0.717, 1.165) is 16.8 Å². The number of fused-ring (bicyclic) bond motifs is 1. The van der Waals surface area contributed by atoms with Crippen molar-refractivity contribution in [1.29, 1.82) is 0 Å². The Morgan fingerprint density at radius 1 is 1.14 bits per heavy atom. The van der Waals surface area contributed by atoms with Crippen molar-refractivity contribution >= 4 is 45.9 Å². The van der Waals surface area contributed by atoms with Gasteiger partial charge in [-0.25, -0.2) is 4.98 Å². The van der Waals surface area contributed by atoms with Crippen LogP contribution in [0.15, 0.2) is 36.4 Å². The molecular weight excluding hydrogens is 309 g/mol. The molecule has 2 aromatic carbocycles. The first-order chi connectivity index (χ1) is 10.1. The van der Waals surface area contributed by atoms with Crippen molar-refractivity contribution in [3.05, 3.63) is 46.4 Å². The molecule has 0 aliphatic rings. The number of nitrogens with one attached hydrogen (secondary N) is 1. The number of aryl methyl sites for hydroxylation is 1. The minimum Gasteiger partial charge on any atom is -0.497 e. The quantitative estimate of drug-likeness (QED) is 0.764. The van der Waals surface area contributed by atoms with Gasteiger partial charge in [-0.2, -0.15) is 0 Å². The van der Waals surface area contributed by atoms with Gasteiger partial charge in [-0.1, -0.05) is 29.3 Å². The number of halogens is 2. The lowest BCUT2D eigenvalue weighted by Gasteiger charge is -2.09. The maximum atomic E-state index is 6.17. The molecule has 0 bridgehead atoms. The molecule has 0 radical (unpaired) electrons. The molecular formula is C15H13Cl2N3O. The molecule has 0 amide bonds. The fourth-order valence-corrected chi connectivity index (χ4v) is 2.63. The molecule has 3 rings (SSSR count). The van der Waals surface area contributed by atoms with Crippen LogP contribution in [0.1, 0.15) is 0 Å². The fourth-order valence-electron chi connectivity index (χ4n) is 2.14. The van der Waals surface area contributed by atoms with E-state index in [4.69, 9.17) is 27.9 Å². The fraction of sp³-hybridized carbons (Fsp3) is 0.133. The molecule has 0 fully saturated rings. The van der Waals surface area contributed by atoms with Crippen LogP contribution in [0.5, 0.6) is 5.75 Å². The maximum absolute atomic E-state index is 6.17. The highest BCUT2D eigenvalue weighted by Crippen LogP contribution is 2.33. The Kier molecular flexibility index (Phi) is 3.66. The number of imidazole rings is 1. The third-order valence-corrected chi connectivity index (χ3v) is 3.92. The highest BCUT2D eigenvalue weighted by Gasteiger charge is 2.12. The highest BCUT2D eigenvalue weighted by atomic mass is 35.5. The summed E-state index contributed by atoms with van der Waals surface area (Å²) >= 11 is 12.3. The molecule has 1 N–H and O–H groups in total. The molecule has 108 valence electrons. The molecule has 3 aromatic rings. The number of nitrogens with zero attached hydrogens (tertiary/aromatic N) is 2. The van der Waals surface area contributed by atoms with Crippen molar-refractivity contribution in [2.45, 2.75) is 0 Å². The van der Waals surface area contributed by atoms with Crippen molar-refractivity contribution in [3.8, 4) is 5.75 Å². The zero-order valence-corrected chi connectivity index (χ0v) is 13.0. The van der Waals surface area contributed by atoms with E-state index in [1.165, 1.54) is 0 Å². The summed E-state index contributed by atoms with van der Waals surface area (Å²) in [6.45, 7) is 0. The second-order valence-corrected chi connectivity index (χ2v) is 5.39. The lowest BCUT2D eigenvalue weighted by Crippen LogP contribution is -2.00. The minimum absolute atomic E-state index is 0.548. The van der Waals surface area contributed by atoms with Gasteiger partial charge in [0, 0.05) is 13.1 Å². The van der Waals surface area contributed by atoms with E-state index in [1.54, 1.807) is 25.3 Å². The standard InChI is InChI=1S/C15H13Cl2N3O/c1-20-13-8-9(21-2)6-7-12(13)18-15(20)19-14-10(16)4-3-5-11(14)17/h3-8H,1-2H3,(H,18,19). The molecule has 0 aliphatic carbocycles. The van der Waals surface area contributed by atoms with Crippen LogP contribution in [0.2, 0.25) is 10.0 Å². The van der Waals surface area contributed by atoms with Crippen molar-refractivity contribution in [3.63, 3.8) is 0 Å². The van der Waals surface area contributed by atoms with Gasteiger partial charge in [0.1, 0.15) is 5.75 Å². The molecule has 0 unspecified atom stereocenters. The van der Waals surface area contributed by atoms with Gasteiger partial charge in [-0.15, -0.1) is 0 Å². The Balaban J connectivity index is 2.07. The summed E-state index contributed by atoms with van der Waals surface area (Å²) in [5, 5.41) is 4.28. The Labute approximate surface area is 132 Å². The zero-order valence-electron chi connectivity index (χ0n) is 11.5. The van der Waals surface area contributed by atoms with E-state index >= 15 is 0 Å². The molecule has 21 heavy (non-hydrogen) atoms. The van der Waals surface area contributed by atoms with E-state index in [9.17, 15) is 0 Å². The van der Waals surface area contributed by atoms with Crippen LogP contribution in [0.25, 0.3) is 11.0 Å². The second kappa shape index (κ2) is 5.47. The number of benzene rings is 2. The number of rotatable bonds is 3. The molecule has 0 atom stereocenters. The smallest absolute Gasteiger partial charge is 0.208 e. The van der Waals surface area contributed by atoms with Gasteiger partial charge in [0.2, 0.25) is 5.95 Å². The molecule has 6 heteroatoms. The minimum atomic E-state index is 0.548. The topological polar surface area (TPSA) is 39.1 Å². The van der Waals surface area contributed by atoms with Crippen LogP contribution in [-0.4, -0.2) is 16.7 Å². The lowest BCUT2D eigenvalue weighted by molar-refractivity contribution is 0.415. The van der Waals surface area contributed by atoms with Crippen molar-refractivity contribution in [2.24, 2.45) is 7.05 Å². The first kappa shape index (κ1) is 14.0. The predicted octanol–water partition coefficient (Wildman–Crippen LogP) is 4.63. The summed E-state index contributed by atoms with van der Waals surface area (Å²) < 4.78 is 7.17. The van der Waals surface area contributed by atoms with E-state index in [0.29, 0.717) is 21.7 Å². The largest absolute Gasteiger partial charge is 0.497 e. The Bertz CT molecular complexity index is 794. The second-order valence-electron chi connectivity index (χ2n) is 4.57. The summed E-state index contributed by atoms with van der Waals surface area (Å²) in [7, 11) is 3.56. The van der Waals surface area contributed by atoms with E-state index < -0.39 is 0 Å². The van der Waals surface area contributed by atoms with Crippen LogP contribution in [0.3, 0.4) is 0 Å². The maximum Gasteiger partial charge on any atom is 0.208 e. The number of anilines is 2. The average molecular weight is 322 g/mol. The molecule has 0 aliphatic heterocycles. The molecule has 0 spiro atoms. The summed E-state index contributed by atoms with van der Waals surface area (Å²) in [6, 6.07) is 11.1. The van der Waals surface area contributed by atoms with E-state index in [1.807, 2.05) is 29.8 Å². The zero-order chi connectivity index (χ0) is 15.0. The van der Waals surface area contributed by atoms with Crippen molar-refractivity contribution in [2.75, 3.05) is 12.4 Å². The predicted molar refractivity (Wildman–Crippen MR) is 87.0 cm³/mol. The van der Waals surface area contributed by atoms with E-state index in [2.05, 4.69) is 10.3 Å². The Morgan fingerprint density at radius 3 is 2.52 bits per heavy atom. The monoisotopic (exact) mass is 321 g/mol. The number of para-hydroxylation sites is 1. The number of ether oxygens (including phenoxy) is 1. The summed E-state index contributed by atoms with van der Waals surface area (Å²) in [6.07, 6.45) is 0. The Hall–Kier alpha value is -1.91. The van der Waals surface area contributed by atoms with Gasteiger partial charge in [0.15, 0.2) is 0 Å². The summed E-state index contributed by atoms with van der Waals surface area (Å²) in [5.41, 5.74) is 2.47. The SMILES string of the molecule is COc1ccc2nc(Nc3c(Cl)cccc3Cl)n(C)c2c1. The van der Waals surface area contributed by atoms with Crippen LogP contribution < -0.4 is 10.1 Å². The normalized spacial score (nSPS) is 10.9.